The molecule has 3 rings (SSSR count). The van der Waals surface area contributed by atoms with Crippen LogP contribution in [-0.4, -0.2) is 21.1 Å². The molecule has 1 amide bonds. The monoisotopic (exact) mass is 304 g/mol. The van der Waals surface area contributed by atoms with Gasteiger partial charge in [0.25, 0.3) is 5.91 Å². The van der Waals surface area contributed by atoms with Gasteiger partial charge in [-0.05, 0) is 30.2 Å². The fourth-order valence-electron chi connectivity index (χ4n) is 2.94. The number of rotatable bonds is 5. The first-order chi connectivity index (χ1) is 10.3. The van der Waals surface area contributed by atoms with Crippen molar-refractivity contribution in [3.63, 3.8) is 0 Å². The molecule has 6 heteroatoms. The molecule has 1 atom stereocenters. The second-order valence-electron chi connectivity index (χ2n) is 5.47. The van der Waals surface area contributed by atoms with E-state index in [1.165, 1.54) is 30.6 Å². The number of aryl methyl sites for hydroxylation is 1. The maximum Gasteiger partial charge on any atom is 0.291 e. The fourth-order valence-corrected chi connectivity index (χ4v) is 3.81. The van der Waals surface area contributed by atoms with E-state index >= 15 is 0 Å². The summed E-state index contributed by atoms with van der Waals surface area (Å²) in [5, 5.41) is 12.0. The molecule has 0 radical (unpaired) electrons. The molecule has 2 N–H and O–H groups in total. The Balaban J connectivity index is 1.76. The lowest BCUT2D eigenvalue weighted by Crippen LogP contribution is -2.33. The van der Waals surface area contributed by atoms with Gasteiger partial charge in [0.05, 0.1) is 6.04 Å². The van der Waals surface area contributed by atoms with Crippen LogP contribution in [0.3, 0.4) is 0 Å². The van der Waals surface area contributed by atoms with Crippen molar-refractivity contribution in [3.8, 4) is 0 Å². The highest BCUT2D eigenvalue weighted by Crippen LogP contribution is 2.37. The van der Waals surface area contributed by atoms with Gasteiger partial charge in [0.1, 0.15) is 5.82 Å². The number of thiophene rings is 1. The van der Waals surface area contributed by atoms with Crippen LogP contribution < -0.4 is 5.32 Å². The number of nitrogens with one attached hydrogen (secondary N) is 2. The maximum absolute atomic E-state index is 12.4. The first-order valence-electron chi connectivity index (χ1n) is 7.53. The summed E-state index contributed by atoms with van der Waals surface area (Å²) < 4.78 is 0. The highest BCUT2D eigenvalue weighted by Gasteiger charge is 2.29. The zero-order valence-electron chi connectivity index (χ0n) is 12.1. The van der Waals surface area contributed by atoms with Crippen LogP contribution in [0.25, 0.3) is 0 Å². The summed E-state index contributed by atoms with van der Waals surface area (Å²) in [5.41, 5.74) is 0. The minimum atomic E-state index is -0.184. The van der Waals surface area contributed by atoms with Crippen molar-refractivity contribution in [2.75, 3.05) is 0 Å². The molecule has 5 nitrogen and oxygen atoms in total. The fraction of sp³-hybridized carbons (Fsp3) is 0.533. The summed E-state index contributed by atoms with van der Waals surface area (Å²) in [6.07, 6.45) is 5.61. The Kier molecular flexibility index (Phi) is 4.34. The predicted octanol–water partition coefficient (Wildman–Crippen LogP) is 3.09. The Hall–Kier alpha value is -1.69. The van der Waals surface area contributed by atoms with E-state index in [4.69, 9.17) is 0 Å². The van der Waals surface area contributed by atoms with Gasteiger partial charge in [0, 0.05) is 11.3 Å². The van der Waals surface area contributed by atoms with Crippen molar-refractivity contribution < 1.29 is 4.79 Å². The minimum Gasteiger partial charge on any atom is -0.341 e. The van der Waals surface area contributed by atoms with Crippen LogP contribution in [0.1, 0.15) is 60.0 Å². The molecular formula is C15H20N4OS. The lowest BCUT2D eigenvalue weighted by atomic mass is 9.96. The van der Waals surface area contributed by atoms with Gasteiger partial charge >= 0.3 is 0 Å². The van der Waals surface area contributed by atoms with Crippen molar-refractivity contribution in [2.24, 2.45) is 5.92 Å². The molecule has 0 bridgehead atoms. The van der Waals surface area contributed by atoms with Crippen molar-refractivity contribution in [1.29, 1.82) is 0 Å². The summed E-state index contributed by atoms with van der Waals surface area (Å²) in [7, 11) is 0. The van der Waals surface area contributed by atoms with Crippen molar-refractivity contribution in [3.05, 3.63) is 34.0 Å². The van der Waals surface area contributed by atoms with E-state index < -0.39 is 0 Å². The van der Waals surface area contributed by atoms with Crippen LogP contribution in [-0.2, 0) is 6.42 Å². The van der Waals surface area contributed by atoms with Gasteiger partial charge in [-0.25, -0.2) is 4.98 Å². The lowest BCUT2D eigenvalue weighted by Gasteiger charge is -2.23. The van der Waals surface area contributed by atoms with Crippen LogP contribution in [0.2, 0.25) is 0 Å². The third kappa shape index (κ3) is 3.15. The molecule has 21 heavy (non-hydrogen) atoms. The zero-order valence-corrected chi connectivity index (χ0v) is 12.9. The molecular weight excluding hydrogens is 284 g/mol. The number of nitrogens with zero attached hydrogens (tertiary/aromatic N) is 2. The topological polar surface area (TPSA) is 70.7 Å². The molecule has 2 aromatic heterocycles. The molecule has 0 saturated heterocycles. The lowest BCUT2D eigenvalue weighted by molar-refractivity contribution is 0.0912. The average molecular weight is 304 g/mol. The summed E-state index contributed by atoms with van der Waals surface area (Å²) in [4.78, 5) is 17.8. The van der Waals surface area contributed by atoms with E-state index in [1.807, 2.05) is 13.0 Å². The molecule has 1 saturated carbocycles. The largest absolute Gasteiger partial charge is 0.341 e. The van der Waals surface area contributed by atoms with Gasteiger partial charge in [-0.15, -0.1) is 16.4 Å². The number of carbonyl (C=O) groups excluding carboxylic acids is 1. The Bertz CT molecular complexity index is 587. The average Bonchev–Trinajstić information content (AvgIpc) is 3.26. The van der Waals surface area contributed by atoms with Crippen LogP contribution in [0, 0.1) is 5.92 Å². The maximum atomic E-state index is 12.4. The Morgan fingerprint density at radius 2 is 2.33 bits per heavy atom. The number of hydrogen-bond donors (Lipinski definition) is 2. The number of amides is 1. The second kappa shape index (κ2) is 6.39. The summed E-state index contributed by atoms with van der Waals surface area (Å²) in [5.74, 6) is 1.33. The zero-order chi connectivity index (χ0) is 14.7. The molecule has 1 unspecified atom stereocenters. The molecule has 1 aliphatic carbocycles. The number of carbonyl (C=O) groups is 1. The molecule has 0 spiro atoms. The number of aromatic amines is 1. The predicted molar refractivity (Wildman–Crippen MR) is 82.2 cm³/mol. The van der Waals surface area contributed by atoms with Gasteiger partial charge in [0.2, 0.25) is 5.82 Å². The van der Waals surface area contributed by atoms with Crippen LogP contribution >= 0.6 is 11.3 Å². The van der Waals surface area contributed by atoms with Crippen molar-refractivity contribution in [2.45, 2.75) is 45.1 Å². The molecule has 0 aromatic carbocycles. The summed E-state index contributed by atoms with van der Waals surface area (Å²) >= 11 is 1.70. The minimum absolute atomic E-state index is 0.0866. The Morgan fingerprint density at radius 3 is 2.95 bits per heavy atom. The normalized spacial score (nSPS) is 17.0. The van der Waals surface area contributed by atoms with Crippen molar-refractivity contribution >= 4 is 17.2 Å². The van der Waals surface area contributed by atoms with Gasteiger partial charge in [-0.2, -0.15) is 0 Å². The summed E-state index contributed by atoms with van der Waals surface area (Å²) in [6.45, 7) is 1.98. The van der Waals surface area contributed by atoms with Gasteiger partial charge in [-0.3, -0.25) is 9.89 Å². The molecule has 2 heterocycles. The highest BCUT2D eigenvalue weighted by atomic mass is 32.1. The quantitative estimate of drug-likeness (QED) is 0.891. The molecule has 112 valence electrons. The van der Waals surface area contributed by atoms with E-state index in [9.17, 15) is 4.79 Å². The summed E-state index contributed by atoms with van der Waals surface area (Å²) in [6, 6.07) is 4.23. The SMILES string of the molecule is CCc1nc(C(=O)NC(c2cccs2)C2CCCC2)n[nH]1. The molecule has 0 aliphatic heterocycles. The smallest absolute Gasteiger partial charge is 0.291 e. The molecule has 1 aliphatic rings. The Labute approximate surface area is 128 Å². The standard InChI is InChI=1S/C15H20N4OS/c1-2-12-16-14(19-18-12)15(20)17-13(10-6-3-4-7-10)11-8-5-9-21-11/h5,8-10,13H,2-4,6-7H2,1H3,(H,17,20)(H,16,18,19). The van der Waals surface area contributed by atoms with Crippen LogP contribution in [0.15, 0.2) is 17.5 Å². The number of hydrogen-bond acceptors (Lipinski definition) is 4. The van der Waals surface area contributed by atoms with Crippen LogP contribution in [0.4, 0.5) is 0 Å². The molecule has 2 aromatic rings. The van der Waals surface area contributed by atoms with Gasteiger partial charge < -0.3 is 5.32 Å². The van der Waals surface area contributed by atoms with Gasteiger partial charge in [-0.1, -0.05) is 25.8 Å². The van der Waals surface area contributed by atoms with E-state index in [-0.39, 0.29) is 17.8 Å². The Morgan fingerprint density at radius 1 is 1.52 bits per heavy atom. The third-order valence-corrected chi connectivity index (χ3v) is 5.03. The van der Waals surface area contributed by atoms with E-state index in [0.717, 1.165) is 12.2 Å². The van der Waals surface area contributed by atoms with Crippen molar-refractivity contribution in [1.82, 2.24) is 20.5 Å². The van der Waals surface area contributed by atoms with E-state index in [1.54, 1.807) is 11.3 Å². The second-order valence-corrected chi connectivity index (χ2v) is 6.45. The molecule has 1 fully saturated rings. The number of aromatic nitrogens is 3. The first-order valence-corrected chi connectivity index (χ1v) is 8.41. The van der Waals surface area contributed by atoms with E-state index in [0.29, 0.717) is 5.92 Å². The first kappa shape index (κ1) is 14.3. The highest BCUT2D eigenvalue weighted by molar-refractivity contribution is 7.10. The van der Waals surface area contributed by atoms with E-state index in [2.05, 4.69) is 31.9 Å². The number of H-pyrrole nitrogens is 1. The third-order valence-electron chi connectivity index (χ3n) is 4.08. The van der Waals surface area contributed by atoms with Gasteiger partial charge in [0.15, 0.2) is 0 Å². The van der Waals surface area contributed by atoms with Crippen LogP contribution in [0.5, 0.6) is 0 Å².